The molecular formula is C10H16N2O5. The van der Waals surface area contributed by atoms with Crippen LogP contribution in [0.4, 0.5) is 4.79 Å². The predicted molar refractivity (Wildman–Crippen MR) is 59.2 cm³/mol. The minimum atomic E-state index is -0.673. The summed E-state index contributed by atoms with van der Waals surface area (Å²) in [5, 5.41) is 4.99. The first kappa shape index (κ1) is 14.9. The van der Waals surface area contributed by atoms with E-state index in [1.807, 2.05) is 0 Å². The van der Waals surface area contributed by atoms with Gasteiger partial charge in [0, 0.05) is 18.7 Å². The van der Waals surface area contributed by atoms with Crippen LogP contribution in [0.15, 0.2) is 12.2 Å². The van der Waals surface area contributed by atoms with Gasteiger partial charge in [-0.05, 0) is 6.92 Å². The molecular weight excluding hydrogens is 228 g/mol. The van der Waals surface area contributed by atoms with Gasteiger partial charge in [0.25, 0.3) is 0 Å². The number of carbonyl (C=O) groups is 3. The molecule has 0 saturated heterocycles. The molecule has 0 fully saturated rings. The largest absolute Gasteiger partial charge is 0.466 e. The first-order valence-corrected chi connectivity index (χ1v) is 5.04. The maximum atomic E-state index is 11.0. The van der Waals surface area contributed by atoms with E-state index in [4.69, 9.17) is 0 Å². The average Bonchev–Trinajstić information content (AvgIpc) is 2.32. The summed E-state index contributed by atoms with van der Waals surface area (Å²) in [4.78, 5) is 32.5. The summed E-state index contributed by atoms with van der Waals surface area (Å²) < 4.78 is 8.98. The van der Waals surface area contributed by atoms with E-state index < -0.39 is 11.9 Å². The number of methoxy groups -OCH3 is 1. The van der Waals surface area contributed by atoms with Gasteiger partial charge in [0.05, 0.1) is 13.7 Å². The molecule has 7 nitrogen and oxygen atoms in total. The predicted octanol–water partition coefficient (Wildman–Crippen LogP) is -0.422. The summed E-state index contributed by atoms with van der Waals surface area (Å²) >= 11 is 0. The maximum absolute atomic E-state index is 11.0. The van der Waals surface area contributed by atoms with Crippen LogP contribution in [0.5, 0.6) is 0 Å². The molecule has 0 aliphatic heterocycles. The summed E-state index contributed by atoms with van der Waals surface area (Å²) in [7, 11) is 1.20. The second-order valence-corrected chi connectivity index (χ2v) is 2.81. The molecule has 0 aromatic carbocycles. The van der Waals surface area contributed by atoms with Crippen molar-refractivity contribution in [3.8, 4) is 0 Å². The van der Waals surface area contributed by atoms with Gasteiger partial charge < -0.3 is 20.1 Å². The third-order valence-corrected chi connectivity index (χ3v) is 1.53. The molecule has 0 atom stereocenters. The van der Waals surface area contributed by atoms with E-state index in [0.29, 0.717) is 6.54 Å². The van der Waals surface area contributed by atoms with E-state index in [-0.39, 0.29) is 19.2 Å². The number of rotatable bonds is 6. The smallest absolute Gasteiger partial charge is 0.331 e. The summed E-state index contributed by atoms with van der Waals surface area (Å²) in [5.74, 6) is -1.31. The fourth-order valence-electron chi connectivity index (χ4n) is 0.791. The Bertz CT molecular complexity index is 301. The molecule has 0 unspecified atom stereocenters. The zero-order valence-electron chi connectivity index (χ0n) is 9.82. The average molecular weight is 244 g/mol. The van der Waals surface area contributed by atoms with E-state index >= 15 is 0 Å². The lowest BCUT2D eigenvalue weighted by Gasteiger charge is -2.05. The number of esters is 2. The van der Waals surface area contributed by atoms with Gasteiger partial charge in [-0.3, -0.25) is 0 Å². The fourth-order valence-corrected chi connectivity index (χ4v) is 0.791. The highest BCUT2D eigenvalue weighted by atomic mass is 16.5. The second-order valence-electron chi connectivity index (χ2n) is 2.81. The molecule has 17 heavy (non-hydrogen) atoms. The van der Waals surface area contributed by atoms with Crippen LogP contribution >= 0.6 is 0 Å². The highest BCUT2D eigenvalue weighted by Gasteiger charge is 2.00. The lowest BCUT2D eigenvalue weighted by atomic mass is 10.5. The molecule has 2 amide bonds. The maximum Gasteiger partial charge on any atom is 0.331 e. The van der Waals surface area contributed by atoms with Gasteiger partial charge in [-0.2, -0.15) is 0 Å². The molecule has 96 valence electrons. The van der Waals surface area contributed by atoms with Gasteiger partial charge >= 0.3 is 18.0 Å². The van der Waals surface area contributed by atoms with Crippen LogP contribution in [0.25, 0.3) is 0 Å². The van der Waals surface area contributed by atoms with Gasteiger partial charge in [0.1, 0.15) is 6.61 Å². The Kier molecular flexibility index (Phi) is 8.09. The van der Waals surface area contributed by atoms with Crippen molar-refractivity contribution in [1.29, 1.82) is 0 Å². The second kappa shape index (κ2) is 9.20. The number of ether oxygens (including phenoxy) is 2. The van der Waals surface area contributed by atoms with Crippen molar-refractivity contribution in [3.63, 3.8) is 0 Å². The fraction of sp³-hybridized carbons (Fsp3) is 0.500. The van der Waals surface area contributed by atoms with Crippen LogP contribution in [-0.2, 0) is 19.1 Å². The number of nitrogens with one attached hydrogen (secondary N) is 2. The van der Waals surface area contributed by atoms with Crippen LogP contribution in [-0.4, -0.2) is 44.8 Å². The summed E-state index contributed by atoms with van der Waals surface area (Å²) in [5.41, 5.74) is 0. The Hall–Kier alpha value is -2.05. The van der Waals surface area contributed by atoms with E-state index in [9.17, 15) is 14.4 Å². The molecule has 0 aromatic rings. The minimum absolute atomic E-state index is 0.0292. The summed E-state index contributed by atoms with van der Waals surface area (Å²) in [6, 6.07) is -0.325. The van der Waals surface area contributed by atoms with E-state index in [1.54, 1.807) is 6.92 Å². The van der Waals surface area contributed by atoms with Crippen LogP contribution in [0.3, 0.4) is 0 Å². The first-order valence-electron chi connectivity index (χ1n) is 5.04. The first-order chi connectivity index (χ1) is 8.10. The Morgan fingerprint density at radius 3 is 2.35 bits per heavy atom. The molecule has 0 aromatic heterocycles. The standard InChI is InChI=1S/C10H16N2O5/c1-3-11-10(15)12-6-7-17-9(14)5-4-8(13)16-2/h4-5H,3,6-7H2,1-2H3,(H2,11,12,15)/b5-4+. The zero-order valence-corrected chi connectivity index (χ0v) is 9.82. The van der Waals surface area contributed by atoms with E-state index in [1.165, 1.54) is 7.11 Å². The molecule has 0 aliphatic carbocycles. The highest BCUT2D eigenvalue weighted by Crippen LogP contribution is 1.83. The molecule has 7 heteroatoms. The van der Waals surface area contributed by atoms with Crippen LogP contribution in [0.2, 0.25) is 0 Å². The van der Waals surface area contributed by atoms with Gasteiger partial charge in [0.2, 0.25) is 0 Å². The van der Waals surface area contributed by atoms with Crippen LogP contribution < -0.4 is 10.6 Å². The number of hydrogen-bond acceptors (Lipinski definition) is 5. The summed E-state index contributed by atoms with van der Waals surface area (Å²) in [6.45, 7) is 2.54. The Balaban J connectivity index is 3.61. The minimum Gasteiger partial charge on any atom is -0.466 e. The molecule has 2 N–H and O–H groups in total. The zero-order chi connectivity index (χ0) is 13.1. The van der Waals surface area contributed by atoms with Gasteiger partial charge in [-0.1, -0.05) is 0 Å². The van der Waals surface area contributed by atoms with Crippen molar-refractivity contribution in [2.45, 2.75) is 6.92 Å². The van der Waals surface area contributed by atoms with Gasteiger partial charge in [0.15, 0.2) is 0 Å². The highest BCUT2D eigenvalue weighted by molar-refractivity contribution is 5.91. The van der Waals surface area contributed by atoms with Crippen molar-refractivity contribution in [2.24, 2.45) is 0 Å². The quantitative estimate of drug-likeness (QED) is 0.376. The Labute approximate surface area is 99.1 Å². The molecule has 0 bridgehead atoms. The lowest BCUT2D eigenvalue weighted by molar-refractivity contribution is -0.139. The van der Waals surface area contributed by atoms with Gasteiger partial charge in [-0.15, -0.1) is 0 Å². The van der Waals surface area contributed by atoms with E-state index in [0.717, 1.165) is 12.2 Å². The number of hydrogen-bond donors (Lipinski definition) is 2. The van der Waals surface area contributed by atoms with Crippen molar-refractivity contribution >= 4 is 18.0 Å². The third kappa shape index (κ3) is 8.91. The van der Waals surface area contributed by atoms with Gasteiger partial charge in [-0.25, -0.2) is 14.4 Å². The van der Waals surface area contributed by atoms with Crippen molar-refractivity contribution in [1.82, 2.24) is 10.6 Å². The molecule has 0 rings (SSSR count). The molecule has 0 saturated carbocycles. The Morgan fingerprint density at radius 2 is 1.76 bits per heavy atom. The van der Waals surface area contributed by atoms with Crippen LogP contribution in [0, 0.1) is 0 Å². The van der Waals surface area contributed by atoms with Crippen molar-refractivity contribution < 1.29 is 23.9 Å². The van der Waals surface area contributed by atoms with Crippen molar-refractivity contribution in [2.75, 3.05) is 26.8 Å². The van der Waals surface area contributed by atoms with E-state index in [2.05, 4.69) is 20.1 Å². The van der Waals surface area contributed by atoms with Crippen molar-refractivity contribution in [3.05, 3.63) is 12.2 Å². The normalized spacial score (nSPS) is 9.76. The Morgan fingerprint density at radius 1 is 1.12 bits per heavy atom. The third-order valence-electron chi connectivity index (χ3n) is 1.53. The molecule has 0 spiro atoms. The lowest BCUT2D eigenvalue weighted by Crippen LogP contribution is -2.37. The topological polar surface area (TPSA) is 93.7 Å². The molecule has 0 heterocycles. The molecule has 0 radical (unpaired) electrons. The number of amides is 2. The summed E-state index contributed by atoms with van der Waals surface area (Å²) in [6.07, 6.45) is 1.91. The van der Waals surface area contributed by atoms with Crippen LogP contribution in [0.1, 0.15) is 6.92 Å². The monoisotopic (exact) mass is 244 g/mol. The number of carbonyl (C=O) groups excluding carboxylic acids is 3. The number of urea groups is 1. The molecule has 0 aliphatic rings. The SMILES string of the molecule is CCNC(=O)NCCOC(=O)/C=C/C(=O)OC.